The van der Waals surface area contributed by atoms with E-state index in [0.717, 1.165) is 11.3 Å². The molecule has 0 amide bonds. The number of hydrogen-bond acceptors (Lipinski definition) is 5. The van der Waals surface area contributed by atoms with Gasteiger partial charge in [-0.05, 0) is 23.6 Å². The first kappa shape index (κ1) is 17.7. The summed E-state index contributed by atoms with van der Waals surface area (Å²) in [5, 5.41) is 11.6. The number of hydrogen-bond donors (Lipinski definition) is 1. The molecule has 126 valence electrons. The summed E-state index contributed by atoms with van der Waals surface area (Å²) in [5.41, 5.74) is -0.645. The van der Waals surface area contributed by atoms with E-state index < -0.39 is 23.3 Å². The van der Waals surface area contributed by atoms with Crippen molar-refractivity contribution in [1.29, 1.82) is 0 Å². The van der Waals surface area contributed by atoms with E-state index >= 15 is 0 Å². The number of thiophene rings is 1. The van der Waals surface area contributed by atoms with Crippen molar-refractivity contribution in [1.82, 2.24) is 0 Å². The van der Waals surface area contributed by atoms with Gasteiger partial charge in [-0.3, -0.25) is 9.79 Å². The van der Waals surface area contributed by atoms with Gasteiger partial charge in [-0.25, -0.2) is 0 Å². The monoisotopic (exact) mass is 355 g/mol. The number of aliphatic hydroxyl groups excluding tert-OH is 1. The molecule has 0 aliphatic heterocycles. The van der Waals surface area contributed by atoms with Crippen molar-refractivity contribution in [2.24, 2.45) is 4.99 Å². The van der Waals surface area contributed by atoms with E-state index in [1.807, 2.05) is 0 Å². The molecule has 1 heterocycles. The van der Waals surface area contributed by atoms with Crippen LogP contribution in [0.4, 0.5) is 18.9 Å². The zero-order valence-corrected chi connectivity index (χ0v) is 13.2. The fourth-order valence-electron chi connectivity index (χ4n) is 1.76. The van der Waals surface area contributed by atoms with Gasteiger partial charge >= 0.3 is 6.18 Å². The summed E-state index contributed by atoms with van der Waals surface area (Å²) in [6.07, 6.45) is -4.42. The molecule has 1 aromatic heterocycles. The zero-order valence-electron chi connectivity index (χ0n) is 12.4. The van der Waals surface area contributed by atoms with Crippen LogP contribution in [0.1, 0.15) is 4.88 Å². The van der Waals surface area contributed by atoms with Gasteiger partial charge in [0.05, 0.1) is 23.2 Å². The van der Waals surface area contributed by atoms with Crippen LogP contribution in [-0.4, -0.2) is 30.4 Å². The number of Topliss-reactive ketones (excluding diaryl/α,β-unsaturated/α-hetero) is 1. The molecule has 0 saturated carbocycles. The van der Waals surface area contributed by atoms with Gasteiger partial charge < -0.3 is 9.84 Å². The SMILES string of the molecule is COc1cccc(N=C/C(C(=O)C(F)(F)F)=C(/O)c2cccs2)c1. The highest BCUT2D eigenvalue weighted by Crippen LogP contribution is 2.27. The lowest BCUT2D eigenvalue weighted by Crippen LogP contribution is -2.26. The van der Waals surface area contributed by atoms with E-state index in [9.17, 15) is 23.1 Å². The quantitative estimate of drug-likeness (QED) is 0.486. The maximum Gasteiger partial charge on any atom is 0.455 e. The number of ketones is 1. The summed E-state index contributed by atoms with van der Waals surface area (Å²) in [6, 6.07) is 9.19. The van der Waals surface area contributed by atoms with E-state index in [2.05, 4.69) is 4.99 Å². The third-order valence-corrected chi connectivity index (χ3v) is 3.78. The summed E-state index contributed by atoms with van der Waals surface area (Å²) in [4.78, 5) is 15.6. The molecule has 0 bridgehead atoms. The average molecular weight is 355 g/mol. The number of aliphatic imine (C=N–C) groups is 1. The van der Waals surface area contributed by atoms with Gasteiger partial charge in [0.25, 0.3) is 5.78 Å². The van der Waals surface area contributed by atoms with Crippen LogP contribution in [0.15, 0.2) is 52.3 Å². The normalized spacial score (nSPS) is 13.0. The summed E-state index contributed by atoms with van der Waals surface area (Å²) in [5.74, 6) is -2.47. The predicted molar refractivity (Wildman–Crippen MR) is 86.1 cm³/mol. The molecule has 2 rings (SSSR count). The highest BCUT2D eigenvalue weighted by atomic mass is 32.1. The molecular formula is C16H12F3NO3S. The van der Waals surface area contributed by atoms with Crippen molar-refractivity contribution in [3.63, 3.8) is 0 Å². The van der Waals surface area contributed by atoms with Crippen LogP contribution in [0.25, 0.3) is 5.76 Å². The Morgan fingerprint density at radius 3 is 2.62 bits per heavy atom. The molecular weight excluding hydrogens is 343 g/mol. The largest absolute Gasteiger partial charge is 0.506 e. The van der Waals surface area contributed by atoms with Crippen molar-refractivity contribution in [2.75, 3.05) is 7.11 Å². The molecule has 0 fully saturated rings. The van der Waals surface area contributed by atoms with Gasteiger partial charge in [0.2, 0.25) is 0 Å². The standard InChI is InChI=1S/C16H12F3NO3S/c1-23-11-5-2-4-10(8-11)20-9-12(15(22)16(17,18)19)14(21)13-6-3-7-24-13/h2-9,21H,1H3/b14-12-,20-9?. The molecule has 0 saturated heterocycles. The fraction of sp³-hybridized carbons (Fsp3) is 0.125. The lowest BCUT2D eigenvalue weighted by molar-refractivity contribution is -0.165. The Balaban J connectivity index is 2.45. The number of alkyl halides is 3. The summed E-state index contributed by atoms with van der Waals surface area (Å²) in [6.45, 7) is 0. The molecule has 8 heteroatoms. The number of halogens is 3. The van der Waals surface area contributed by atoms with Gasteiger partial charge in [0, 0.05) is 12.3 Å². The lowest BCUT2D eigenvalue weighted by Gasteiger charge is -2.08. The Labute approximate surface area is 139 Å². The predicted octanol–water partition coefficient (Wildman–Crippen LogP) is 4.56. The molecule has 4 nitrogen and oxygen atoms in total. The van der Waals surface area contributed by atoms with Crippen LogP contribution in [0, 0.1) is 0 Å². The first-order chi connectivity index (χ1) is 11.3. The van der Waals surface area contributed by atoms with E-state index in [4.69, 9.17) is 4.74 Å². The third-order valence-electron chi connectivity index (χ3n) is 2.91. The number of carbonyl (C=O) groups is 1. The van der Waals surface area contributed by atoms with E-state index in [0.29, 0.717) is 12.0 Å². The van der Waals surface area contributed by atoms with Gasteiger partial charge in [-0.2, -0.15) is 13.2 Å². The average Bonchev–Trinajstić information content (AvgIpc) is 3.08. The van der Waals surface area contributed by atoms with Crippen molar-refractivity contribution in [3.8, 4) is 5.75 Å². The zero-order chi connectivity index (χ0) is 17.7. The van der Waals surface area contributed by atoms with Crippen LogP contribution in [0.3, 0.4) is 0 Å². The number of aliphatic hydroxyl groups is 1. The molecule has 0 radical (unpaired) electrons. The van der Waals surface area contributed by atoms with Crippen LogP contribution < -0.4 is 4.74 Å². The van der Waals surface area contributed by atoms with Crippen LogP contribution >= 0.6 is 11.3 Å². The number of ether oxygens (including phenoxy) is 1. The third kappa shape index (κ3) is 4.23. The fourth-order valence-corrected chi connectivity index (χ4v) is 2.44. The maximum absolute atomic E-state index is 12.8. The molecule has 0 unspecified atom stereocenters. The molecule has 24 heavy (non-hydrogen) atoms. The van der Waals surface area contributed by atoms with Crippen LogP contribution in [0.5, 0.6) is 5.75 Å². The lowest BCUT2D eigenvalue weighted by atomic mass is 10.1. The van der Waals surface area contributed by atoms with E-state index in [1.54, 1.807) is 23.6 Å². The minimum Gasteiger partial charge on any atom is -0.506 e. The van der Waals surface area contributed by atoms with Gasteiger partial charge in [-0.1, -0.05) is 12.1 Å². The highest BCUT2D eigenvalue weighted by Gasteiger charge is 2.41. The highest BCUT2D eigenvalue weighted by molar-refractivity contribution is 7.11. The molecule has 1 aromatic carbocycles. The summed E-state index contributed by atoms with van der Waals surface area (Å²) < 4.78 is 43.3. The Kier molecular flexibility index (Phi) is 5.40. The Bertz CT molecular complexity index is 780. The van der Waals surface area contributed by atoms with Gasteiger partial charge in [0.15, 0.2) is 0 Å². The smallest absolute Gasteiger partial charge is 0.455 e. The minimum absolute atomic E-state index is 0.139. The second kappa shape index (κ2) is 7.31. The van der Waals surface area contributed by atoms with Crippen LogP contribution in [0.2, 0.25) is 0 Å². The number of allylic oxidation sites excluding steroid dienone is 1. The molecule has 0 aliphatic rings. The number of methoxy groups -OCH3 is 1. The van der Waals surface area contributed by atoms with Crippen LogP contribution in [-0.2, 0) is 4.79 Å². The second-order valence-electron chi connectivity index (χ2n) is 4.53. The van der Waals surface area contributed by atoms with Crippen molar-refractivity contribution in [3.05, 3.63) is 52.2 Å². The van der Waals surface area contributed by atoms with Crippen molar-refractivity contribution < 1.29 is 27.8 Å². The molecule has 0 aliphatic carbocycles. The van der Waals surface area contributed by atoms with Crippen molar-refractivity contribution in [2.45, 2.75) is 6.18 Å². The number of rotatable bonds is 5. The first-order valence-corrected chi connectivity index (χ1v) is 7.47. The molecule has 1 N–H and O–H groups in total. The number of benzene rings is 1. The number of nitrogens with zero attached hydrogens (tertiary/aromatic N) is 1. The molecule has 2 aromatic rings. The Hall–Kier alpha value is -2.61. The molecule has 0 spiro atoms. The summed E-state index contributed by atoms with van der Waals surface area (Å²) >= 11 is 1.01. The van der Waals surface area contributed by atoms with Gasteiger partial charge in [-0.15, -0.1) is 11.3 Å². The summed E-state index contributed by atoms with van der Waals surface area (Å²) in [7, 11) is 1.43. The number of carbonyl (C=O) groups excluding carboxylic acids is 1. The molecule has 0 atom stereocenters. The van der Waals surface area contributed by atoms with E-state index in [-0.39, 0.29) is 10.6 Å². The Morgan fingerprint density at radius 2 is 2.04 bits per heavy atom. The maximum atomic E-state index is 12.8. The van der Waals surface area contributed by atoms with Gasteiger partial charge in [0.1, 0.15) is 11.5 Å². The second-order valence-corrected chi connectivity index (χ2v) is 5.47. The minimum atomic E-state index is -5.12. The van der Waals surface area contributed by atoms with Crippen molar-refractivity contribution >= 4 is 34.8 Å². The topological polar surface area (TPSA) is 58.9 Å². The first-order valence-electron chi connectivity index (χ1n) is 6.59. The van der Waals surface area contributed by atoms with E-state index in [1.165, 1.54) is 25.3 Å². The Morgan fingerprint density at radius 1 is 1.29 bits per heavy atom.